The summed E-state index contributed by atoms with van der Waals surface area (Å²) in [6.45, 7) is 1.94. The molecule has 0 aromatic carbocycles. The van der Waals surface area contributed by atoms with E-state index in [0.29, 0.717) is 22.8 Å². The summed E-state index contributed by atoms with van der Waals surface area (Å²) in [7, 11) is 0. The van der Waals surface area contributed by atoms with Crippen LogP contribution in [0.2, 0.25) is 0 Å². The number of imidazole rings is 1. The standard InChI is InChI=1S/C12H17N5O2/c1-6-15-11(13)10-12(16-6)17(5-14-10)9-2-7(3-18)8(9)4-19/h5,7-9,18-19H,2-4H2,1H3,(H2,13,15,16). The van der Waals surface area contributed by atoms with Crippen LogP contribution in [-0.2, 0) is 0 Å². The zero-order valence-corrected chi connectivity index (χ0v) is 10.7. The second kappa shape index (κ2) is 4.43. The Labute approximate surface area is 110 Å². The number of nitrogens with zero attached hydrogens (tertiary/aromatic N) is 4. The first-order chi connectivity index (χ1) is 9.15. The average molecular weight is 263 g/mol. The van der Waals surface area contributed by atoms with Gasteiger partial charge in [-0.3, -0.25) is 0 Å². The molecule has 7 nitrogen and oxygen atoms in total. The number of aryl methyl sites for hydroxylation is 1. The number of aliphatic hydroxyl groups is 2. The van der Waals surface area contributed by atoms with Gasteiger partial charge < -0.3 is 20.5 Å². The summed E-state index contributed by atoms with van der Waals surface area (Å²) in [5.74, 6) is 1.16. The van der Waals surface area contributed by atoms with Crippen LogP contribution in [0.3, 0.4) is 0 Å². The minimum Gasteiger partial charge on any atom is -0.396 e. The van der Waals surface area contributed by atoms with Crippen LogP contribution in [-0.4, -0.2) is 42.9 Å². The smallest absolute Gasteiger partial charge is 0.166 e. The number of aliphatic hydroxyl groups excluding tert-OH is 2. The molecule has 1 aliphatic rings. The first kappa shape index (κ1) is 12.3. The van der Waals surface area contributed by atoms with Crippen molar-refractivity contribution < 1.29 is 10.2 Å². The van der Waals surface area contributed by atoms with E-state index in [2.05, 4.69) is 15.0 Å². The van der Waals surface area contributed by atoms with Gasteiger partial charge in [-0.15, -0.1) is 0 Å². The summed E-state index contributed by atoms with van der Waals surface area (Å²) >= 11 is 0. The van der Waals surface area contributed by atoms with Crippen molar-refractivity contribution in [1.82, 2.24) is 19.5 Å². The Morgan fingerprint density at radius 3 is 2.84 bits per heavy atom. The van der Waals surface area contributed by atoms with Gasteiger partial charge in [-0.05, 0) is 19.3 Å². The molecule has 0 saturated heterocycles. The number of nitrogen functional groups attached to an aromatic ring is 1. The molecule has 2 aromatic heterocycles. The molecule has 0 bridgehead atoms. The topological polar surface area (TPSA) is 110 Å². The zero-order valence-electron chi connectivity index (χ0n) is 10.7. The van der Waals surface area contributed by atoms with Crippen LogP contribution in [0.15, 0.2) is 6.33 Å². The first-order valence-corrected chi connectivity index (χ1v) is 6.34. The average Bonchev–Trinajstić information content (AvgIpc) is 2.73. The molecule has 0 amide bonds. The third-order valence-corrected chi connectivity index (χ3v) is 4.01. The molecule has 3 unspecified atom stereocenters. The quantitative estimate of drug-likeness (QED) is 0.712. The molecule has 1 saturated carbocycles. The van der Waals surface area contributed by atoms with Crippen molar-refractivity contribution in [3.8, 4) is 0 Å². The Morgan fingerprint density at radius 2 is 2.16 bits per heavy atom. The lowest BCUT2D eigenvalue weighted by Crippen LogP contribution is -2.42. The number of hydrogen-bond acceptors (Lipinski definition) is 6. The van der Waals surface area contributed by atoms with E-state index in [1.165, 1.54) is 0 Å². The van der Waals surface area contributed by atoms with Gasteiger partial charge in [-0.2, -0.15) is 0 Å². The molecule has 0 radical (unpaired) electrons. The Kier molecular flexibility index (Phi) is 2.87. The monoisotopic (exact) mass is 263 g/mol. The third-order valence-electron chi connectivity index (χ3n) is 4.01. The van der Waals surface area contributed by atoms with Gasteiger partial charge in [0.1, 0.15) is 11.3 Å². The second-order valence-corrected chi connectivity index (χ2v) is 5.07. The lowest BCUT2D eigenvalue weighted by atomic mass is 9.70. The van der Waals surface area contributed by atoms with Crippen molar-refractivity contribution in [2.24, 2.45) is 11.8 Å². The molecular weight excluding hydrogens is 246 g/mol. The normalized spacial score (nSPS) is 26.6. The van der Waals surface area contributed by atoms with Crippen molar-refractivity contribution in [3.05, 3.63) is 12.2 Å². The van der Waals surface area contributed by atoms with Gasteiger partial charge >= 0.3 is 0 Å². The van der Waals surface area contributed by atoms with Gasteiger partial charge in [-0.1, -0.05) is 0 Å². The zero-order chi connectivity index (χ0) is 13.6. The largest absolute Gasteiger partial charge is 0.396 e. The number of nitrogens with two attached hydrogens (primary N) is 1. The van der Waals surface area contributed by atoms with Crippen molar-refractivity contribution in [2.75, 3.05) is 18.9 Å². The minimum atomic E-state index is 0.0406. The number of fused-ring (bicyclic) bond motifs is 1. The van der Waals surface area contributed by atoms with E-state index in [1.807, 2.05) is 4.57 Å². The molecule has 102 valence electrons. The summed E-state index contributed by atoms with van der Waals surface area (Å²) in [6.07, 6.45) is 2.51. The van der Waals surface area contributed by atoms with Crippen LogP contribution < -0.4 is 5.73 Å². The van der Waals surface area contributed by atoms with Gasteiger partial charge in [0.05, 0.1) is 6.33 Å². The van der Waals surface area contributed by atoms with Gasteiger partial charge in [0, 0.05) is 25.2 Å². The van der Waals surface area contributed by atoms with Crippen LogP contribution in [0.25, 0.3) is 11.2 Å². The summed E-state index contributed by atoms with van der Waals surface area (Å²) < 4.78 is 1.94. The van der Waals surface area contributed by atoms with Crippen molar-refractivity contribution in [3.63, 3.8) is 0 Å². The van der Waals surface area contributed by atoms with Crippen molar-refractivity contribution in [2.45, 2.75) is 19.4 Å². The maximum atomic E-state index is 9.44. The Morgan fingerprint density at radius 1 is 1.37 bits per heavy atom. The molecule has 4 N–H and O–H groups in total. The van der Waals surface area contributed by atoms with Crippen LogP contribution >= 0.6 is 0 Å². The number of anilines is 1. The van der Waals surface area contributed by atoms with E-state index in [0.717, 1.165) is 6.42 Å². The molecule has 2 heterocycles. The van der Waals surface area contributed by atoms with Crippen molar-refractivity contribution in [1.29, 1.82) is 0 Å². The SMILES string of the molecule is Cc1nc(N)c2ncn(C3CC(CO)C3CO)c2n1. The number of aromatic nitrogens is 4. The van der Waals surface area contributed by atoms with Gasteiger partial charge in [0.25, 0.3) is 0 Å². The molecule has 0 spiro atoms. The fourth-order valence-corrected chi connectivity index (χ4v) is 2.87. The Balaban J connectivity index is 2.02. The molecule has 19 heavy (non-hydrogen) atoms. The fraction of sp³-hybridized carbons (Fsp3) is 0.583. The minimum absolute atomic E-state index is 0.0406. The van der Waals surface area contributed by atoms with Crippen LogP contribution in [0.4, 0.5) is 5.82 Å². The summed E-state index contributed by atoms with van der Waals surface area (Å²) in [4.78, 5) is 12.7. The van der Waals surface area contributed by atoms with Crippen LogP contribution in [0, 0.1) is 18.8 Å². The van der Waals surface area contributed by atoms with Crippen LogP contribution in [0.1, 0.15) is 18.3 Å². The van der Waals surface area contributed by atoms with Gasteiger partial charge in [0.2, 0.25) is 0 Å². The maximum Gasteiger partial charge on any atom is 0.166 e. The Bertz CT molecular complexity index is 611. The molecule has 0 aliphatic heterocycles. The summed E-state index contributed by atoms with van der Waals surface area (Å²) in [6, 6.07) is 0.112. The van der Waals surface area contributed by atoms with Crippen LogP contribution in [0.5, 0.6) is 0 Å². The molecule has 2 aromatic rings. The second-order valence-electron chi connectivity index (χ2n) is 5.07. The first-order valence-electron chi connectivity index (χ1n) is 6.34. The molecule has 1 fully saturated rings. The maximum absolute atomic E-state index is 9.44. The lowest BCUT2D eigenvalue weighted by Gasteiger charge is -2.43. The van der Waals surface area contributed by atoms with E-state index in [-0.39, 0.29) is 31.1 Å². The van der Waals surface area contributed by atoms with Crippen molar-refractivity contribution >= 4 is 17.0 Å². The van der Waals surface area contributed by atoms with E-state index < -0.39 is 0 Å². The van der Waals surface area contributed by atoms with E-state index in [1.54, 1.807) is 13.3 Å². The summed E-state index contributed by atoms with van der Waals surface area (Å²) in [5.41, 5.74) is 7.13. The van der Waals surface area contributed by atoms with Gasteiger partial charge in [0.15, 0.2) is 11.5 Å². The highest BCUT2D eigenvalue weighted by molar-refractivity contribution is 5.81. The van der Waals surface area contributed by atoms with E-state index in [4.69, 9.17) is 5.73 Å². The number of rotatable bonds is 3. The fourth-order valence-electron chi connectivity index (χ4n) is 2.87. The van der Waals surface area contributed by atoms with E-state index >= 15 is 0 Å². The lowest BCUT2D eigenvalue weighted by molar-refractivity contribution is -0.00529. The molecule has 3 rings (SSSR count). The highest BCUT2D eigenvalue weighted by Crippen LogP contribution is 2.44. The third kappa shape index (κ3) is 1.77. The Hall–Kier alpha value is -1.73. The molecule has 7 heteroatoms. The predicted octanol–water partition coefficient (Wildman–Crippen LogP) is -0.121. The highest BCUT2D eigenvalue weighted by Gasteiger charge is 2.41. The van der Waals surface area contributed by atoms with E-state index in [9.17, 15) is 10.2 Å². The predicted molar refractivity (Wildman–Crippen MR) is 69.3 cm³/mol. The molecule has 1 aliphatic carbocycles. The highest BCUT2D eigenvalue weighted by atomic mass is 16.3. The molecule has 3 atom stereocenters. The number of hydrogen-bond donors (Lipinski definition) is 3. The molecular formula is C12H17N5O2. The van der Waals surface area contributed by atoms with Gasteiger partial charge in [-0.25, -0.2) is 15.0 Å². The summed E-state index contributed by atoms with van der Waals surface area (Å²) in [5, 5.41) is 18.7.